The normalized spacial score (nSPS) is 12.1. The van der Waals surface area contributed by atoms with Gasteiger partial charge in [0, 0.05) is 16.3 Å². The summed E-state index contributed by atoms with van der Waals surface area (Å²) in [6, 6.07) is 7.99. The van der Waals surface area contributed by atoms with Crippen molar-refractivity contribution in [3.8, 4) is 10.6 Å². The molecule has 1 N–H and O–H groups in total. The number of carbonyl (C=O) groups excluding carboxylic acids is 1. The molecule has 0 fully saturated rings. The molecule has 0 aliphatic heterocycles. The Morgan fingerprint density at radius 1 is 1.26 bits per heavy atom. The van der Waals surface area contributed by atoms with Gasteiger partial charge in [-0.25, -0.2) is 9.37 Å². The van der Waals surface area contributed by atoms with Crippen molar-refractivity contribution in [1.82, 2.24) is 10.3 Å². The van der Waals surface area contributed by atoms with Gasteiger partial charge in [-0.05, 0) is 36.1 Å². The minimum atomic E-state index is -0.282. The number of benzene rings is 1. The topological polar surface area (TPSA) is 42.0 Å². The first-order valence-corrected chi connectivity index (χ1v) is 8.96. The van der Waals surface area contributed by atoms with Crippen molar-refractivity contribution in [1.29, 1.82) is 0 Å². The highest BCUT2D eigenvalue weighted by Gasteiger charge is 2.13. The molecule has 3 nitrogen and oxygen atoms in total. The van der Waals surface area contributed by atoms with Crippen molar-refractivity contribution >= 4 is 28.6 Å². The molecule has 0 radical (unpaired) electrons. The third-order valence-electron chi connectivity index (χ3n) is 3.41. The lowest BCUT2D eigenvalue weighted by Crippen LogP contribution is -2.28. The fourth-order valence-corrected chi connectivity index (χ4v) is 3.73. The highest BCUT2D eigenvalue weighted by molar-refractivity contribution is 7.14. The van der Waals surface area contributed by atoms with E-state index in [-0.39, 0.29) is 24.2 Å². The Kier molecular flexibility index (Phi) is 4.83. The molecule has 2 aromatic heterocycles. The first-order chi connectivity index (χ1) is 11.1. The summed E-state index contributed by atoms with van der Waals surface area (Å²) in [5, 5.41) is 9.80. The number of rotatable bonds is 5. The van der Waals surface area contributed by atoms with E-state index in [1.807, 2.05) is 29.1 Å². The summed E-state index contributed by atoms with van der Waals surface area (Å²) in [7, 11) is 0. The maximum absolute atomic E-state index is 12.9. The molecule has 0 saturated heterocycles. The first kappa shape index (κ1) is 15.8. The maximum Gasteiger partial charge on any atom is 0.226 e. The molecule has 1 atom stereocenters. The van der Waals surface area contributed by atoms with Crippen LogP contribution in [0.3, 0.4) is 0 Å². The summed E-state index contributed by atoms with van der Waals surface area (Å²) >= 11 is 3.17. The number of nitrogens with zero attached hydrogens (tertiary/aromatic N) is 1. The number of amides is 1. The number of aromatic nitrogens is 1. The Bertz CT molecular complexity index is 781. The van der Waals surface area contributed by atoms with Crippen LogP contribution >= 0.6 is 22.7 Å². The van der Waals surface area contributed by atoms with Crippen LogP contribution < -0.4 is 5.32 Å². The Labute approximate surface area is 141 Å². The Balaban J connectivity index is 1.60. The molecule has 1 amide bonds. The van der Waals surface area contributed by atoms with Crippen molar-refractivity contribution in [3.05, 3.63) is 63.5 Å². The SMILES string of the molecule is C[C@@H](NC(=O)Cc1csc(-c2ccsc2)n1)c1ccc(F)cc1. The lowest BCUT2D eigenvalue weighted by molar-refractivity contribution is -0.121. The van der Waals surface area contributed by atoms with Crippen molar-refractivity contribution in [2.45, 2.75) is 19.4 Å². The van der Waals surface area contributed by atoms with E-state index in [2.05, 4.69) is 10.3 Å². The van der Waals surface area contributed by atoms with E-state index in [4.69, 9.17) is 0 Å². The van der Waals surface area contributed by atoms with Crippen molar-refractivity contribution < 1.29 is 9.18 Å². The first-order valence-electron chi connectivity index (χ1n) is 7.13. The zero-order valence-corrected chi connectivity index (χ0v) is 14.1. The van der Waals surface area contributed by atoms with E-state index in [0.717, 1.165) is 21.8 Å². The second kappa shape index (κ2) is 7.02. The molecule has 0 unspecified atom stereocenters. The van der Waals surface area contributed by atoms with Gasteiger partial charge in [0.1, 0.15) is 10.8 Å². The highest BCUT2D eigenvalue weighted by Crippen LogP contribution is 2.25. The quantitative estimate of drug-likeness (QED) is 0.742. The van der Waals surface area contributed by atoms with Gasteiger partial charge in [0.25, 0.3) is 0 Å². The van der Waals surface area contributed by atoms with Crippen LogP contribution in [0.5, 0.6) is 0 Å². The molecule has 0 bridgehead atoms. The molecule has 2 heterocycles. The number of hydrogen-bond acceptors (Lipinski definition) is 4. The molecule has 1 aromatic carbocycles. The van der Waals surface area contributed by atoms with E-state index in [1.165, 1.54) is 12.1 Å². The Morgan fingerprint density at radius 3 is 2.74 bits per heavy atom. The van der Waals surface area contributed by atoms with Gasteiger partial charge in [0.2, 0.25) is 5.91 Å². The molecule has 3 aromatic rings. The van der Waals surface area contributed by atoms with Crippen LogP contribution in [-0.4, -0.2) is 10.9 Å². The van der Waals surface area contributed by atoms with Gasteiger partial charge in [0.15, 0.2) is 0 Å². The zero-order chi connectivity index (χ0) is 16.2. The van der Waals surface area contributed by atoms with Crippen LogP contribution in [0.1, 0.15) is 24.2 Å². The largest absolute Gasteiger partial charge is 0.349 e. The van der Waals surface area contributed by atoms with E-state index in [0.29, 0.717) is 0 Å². The fraction of sp³-hybridized carbons (Fsp3) is 0.176. The molecule has 118 valence electrons. The number of thiophene rings is 1. The number of thiazole rings is 1. The summed E-state index contributed by atoms with van der Waals surface area (Å²) in [6.07, 6.45) is 0.242. The number of halogens is 1. The molecule has 0 aliphatic rings. The molecule has 6 heteroatoms. The second-order valence-corrected chi connectivity index (χ2v) is 6.81. The lowest BCUT2D eigenvalue weighted by Gasteiger charge is -2.13. The molecule has 0 aliphatic carbocycles. The number of nitrogens with one attached hydrogen (secondary N) is 1. The van der Waals surface area contributed by atoms with Crippen molar-refractivity contribution in [2.75, 3.05) is 0 Å². The van der Waals surface area contributed by atoms with Crippen molar-refractivity contribution in [3.63, 3.8) is 0 Å². The van der Waals surface area contributed by atoms with Crippen LogP contribution in [0.25, 0.3) is 10.6 Å². The minimum Gasteiger partial charge on any atom is -0.349 e. The molecule has 0 spiro atoms. The zero-order valence-electron chi connectivity index (χ0n) is 12.5. The predicted octanol–water partition coefficient (Wildman–Crippen LogP) is 4.43. The fourth-order valence-electron chi connectivity index (χ4n) is 2.20. The summed E-state index contributed by atoms with van der Waals surface area (Å²) in [5.74, 6) is -0.375. The molecular formula is C17H15FN2OS2. The van der Waals surface area contributed by atoms with Gasteiger partial charge < -0.3 is 5.32 Å². The van der Waals surface area contributed by atoms with Crippen LogP contribution in [0, 0.1) is 5.82 Å². The van der Waals surface area contributed by atoms with E-state index in [1.54, 1.807) is 34.8 Å². The Morgan fingerprint density at radius 2 is 2.04 bits per heavy atom. The standard InChI is InChI=1S/C17H15FN2OS2/c1-11(12-2-4-14(18)5-3-12)19-16(21)8-15-10-23-17(20-15)13-6-7-22-9-13/h2-7,9-11H,8H2,1H3,(H,19,21)/t11-/m1/s1. The summed E-state index contributed by atoms with van der Waals surface area (Å²) < 4.78 is 12.9. The van der Waals surface area contributed by atoms with Gasteiger partial charge in [-0.3, -0.25) is 4.79 Å². The average Bonchev–Trinajstić information content (AvgIpc) is 3.18. The predicted molar refractivity (Wildman–Crippen MR) is 92.1 cm³/mol. The van der Waals surface area contributed by atoms with Crippen LogP contribution in [0.15, 0.2) is 46.5 Å². The maximum atomic E-state index is 12.9. The molecular weight excluding hydrogens is 331 g/mol. The van der Waals surface area contributed by atoms with Crippen molar-refractivity contribution in [2.24, 2.45) is 0 Å². The van der Waals surface area contributed by atoms with Gasteiger partial charge in [0.05, 0.1) is 18.2 Å². The van der Waals surface area contributed by atoms with Crippen LogP contribution in [0.4, 0.5) is 4.39 Å². The van der Waals surface area contributed by atoms with Crippen LogP contribution in [-0.2, 0) is 11.2 Å². The van der Waals surface area contributed by atoms with E-state index < -0.39 is 0 Å². The third-order valence-corrected chi connectivity index (χ3v) is 5.03. The minimum absolute atomic E-state index is 0.0935. The van der Waals surface area contributed by atoms with E-state index >= 15 is 0 Å². The van der Waals surface area contributed by atoms with Gasteiger partial charge in [-0.15, -0.1) is 11.3 Å². The lowest BCUT2D eigenvalue weighted by atomic mass is 10.1. The molecule has 23 heavy (non-hydrogen) atoms. The Hall–Kier alpha value is -2.05. The number of carbonyl (C=O) groups is 1. The van der Waals surface area contributed by atoms with Gasteiger partial charge in [-0.2, -0.15) is 11.3 Å². The van der Waals surface area contributed by atoms with Crippen LogP contribution in [0.2, 0.25) is 0 Å². The molecule has 0 saturated carbocycles. The second-order valence-electron chi connectivity index (χ2n) is 5.17. The van der Waals surface area contributed by atoms with E-state index in [9.17, 15) is 9.18 Å². The third kappa shape index (κ3) is 4.03. The van der Waals surface area contributed by atoms with Gasteiger partial charge in [-0.1, -0.05) is 12.1 Å². The monoisotopic (exact) mass is 346 g/mol. The average molecular weight is 346 g/mol. The summed E-state index contributed by atoms with van der Waals surface area (Å²) in [4.78, 5) is 16.6. The summed E-state index contributed by atoms with van der Waals surface area (Å²) in [6.45, 7) is 1.88. The number of hydrogen-bond donors (Lipinski definition) is 1. The molecule has 3 rings (SSSR count). The van der Waals surface area contributed by atoms with Gasteiger partial charge >= 0.3 is 0 Å². The summed E-state index contributed by atoms with van der Waals surface area (Å²) in [5.41, 5.74) is 2.73. The smallest absolute Gasteiger partial charge is 0.226 e. The highest BCUT2D eigenvalue weighted by atomic mass is 32.1.